The number of hydrogen-bond acceptors (Lipinski definition) is 5. The minimum atomic E-state index is -0.257. The number of amides is 1. The van der Waals surface area contributed by atoms with Gasteiger partial charge in [0.25, 0.3) is 5.91 Å². The molecule has 0 saturated heterocycles. The Hall–Kier alpha value is -3.87. The second-order valence-corrected chi connectivity index (χ2v) is 7.52. The van der Waals surface area contributed by atoms with Gasteiger partial charge in [0.05, 0.1) is 36.9 Å². The maximum atomic E-state index is 13.0. The summed E-state index contributed by atoms with van der Waals surface area (Å²) < 4.78 is 12.5. The molecule has 0 unspecified atom stereocenters. The van der Waals surface area contributed by atoms with Crippen LogP contribution in [0.5, 0.6) is 11.5 Å². The van der Waals surface area contributed by atoms with Gasteiger partial charge >= 0.3 is 0 Å². The van der Waals surface area contributed by atoms with E-state index in [1.54, 1.807) is 38.6 Å². The molecule has 1 aliphatic carbocycles. The lowest BCUT2D eigenvalue weighted by atomic mass is 10.1. The van der Waals surface area contributed by atoms with E-state index in [2.05, 4.69) is 10.3 Å². The van der Waals surface area contributed by atoms with E-state index in [1.807, 2.05) is 41.1 Å². The fourth-order valence-electron chi connectivity index (χ4n) is 3.65. The standard InChI is InChI=1S/C24H22N4O3/c1-30-18-10-11-20(21(13-18)31-2)26-24(29)16-12-19-22(15-8-9-15)27-28(23(19)25-14-16)17-6-4-3-5-7-17/h3-7,10-15H,8-9H2,1-2H3,(H,26,29). The molecule has 2 aromatic carbocycles. The van der Waals surface area contributed by atoms with Crippen molar-refractivity contribution in [1.29, 1.82) is 0 Å². The van der Waals surface area contributed by atoms with Gasteiger partial charge in [-0.05, 0) is 43.2 Å². The highest BCUT2D eigenvalue weighted by molar-refractivity contribution is 6.06. The van der Waals surface area contributed by atoms with E-state index >= 15 is 0 Å². The molecule has 31 heavy (non-hydrogen) atoms. The summed E-state index contributed by atoms with van der Waals surface area (Å²) in [5.41, 5.74) is 3.75. The monoisotopic (exact) mass is 414 g/mol. The molecule has 0 aliphatic heterocycles. The number of nitrogens with one attached hydrogen (secondary N) is 1. The fourth-order valence-corrected chi connectivity index (χ4v) is 3.65. The normalized spacial score (nSPS) is 13.2. The molecule has 1 aliphatic rings. The molecule has 2 aromatic heterocycles. The molecule has 7 nitrogen and oxygen atoms in total. The minimum Gasteiger partial charge on any atom is -0.497 e. The smallest absolute Gasteiger partial charge is 0.257 e. The van der Waals surface area contributed by atoms with Crippen molar-refractivity contribution in [2.24, 2.45) is 0 Å². The Bertz CT molecular complexity index is 1260. The van der Waals surface area contributed by atoms with E-state index in [1.165, 1.54) is 0 Å². The topological polar surface area (TPSA) is 78.3 Å². The Balaban J connectivity index is 1.51. The molecular formula is C24H22N4O3. The van der Waals surface area contributed by atoms with Crippen molar-refractivity contribution in [1.82, 2.24) is 14.8 Å². The molecule has 1 N–H and O–H groups in total. The maximum Gasteiger partial charge on any atom is 0.257 e. The third kappa shape index (κ3) is 3.59. The summed E-state index contributed by atoms with van der Waals surface area (Å²) in [6.07, 6.45) is 3.81. The molecule has 1 saturated carbocycles. The number of fused-ring (bicyclic) bond motifs is 1. The van der Waals surface area contributed by atoms with Crippen LogP contribution in [-0.2, 0) is 0 Å². The van der Waals surface area contributed by atoms with E-state index in [9.17, 15) is 4.79 Å². The van der Waals surface area contributed by atoms with Crippen LogP contribution in [0, 0.1) is 0 Å². The molecule has 4 aromatic rings. The van der Waals surface area contributed by atoms with E-state index in [4.69, 9.17) is 14.6 Å². The SMILES string of the molecule is COc1ccc(NC(=O)c2cnc3c(c2)c(C2CC2)nn3-c2ccccc2)c(OC)c1. The average molecular weight is 414 g/mol. The van der Waals surface area contributed by atoms with Crippen LogP contribution in [0.25, 0.3) is 16.7 Å². The molecule has 0 bridgehead atoms. The number of carbonyl (C=O) groups excluding carboxylic acids is 1. The summed E-state index contributed by atoms with van der Waals surface area (Å²) in [6, 6.07) is 17.1. The van der Waals surface area contributed by atoms with E-state index in [0.717, 1.165) is 35.3 Å². The number of ether oxygens (including phenoxy) is 2. The van der Waals surface area contributed by atoms with Gasteiger partial charge in [-0.25, -0.2) is 9.67 Å². The van der Waals surface area contributed by atoms with E-state index < -0.39 is 0 Å². The lowest BCUT2D eigenvalue weighted by molar-refractivity contribution is 0.102. The number of benzene rings is 2. The van der Waals surface area contributed by atoms with Gasteiger partial charge in [-0.2, -0.15) is 5.10 Å². The number of aromatic nitrogens is 3. The number of pyridine rings is 1. The zero-order chi connectivity index (χ0) is 21.4. The van der Waals surface area contributed by atoms with E-state index in [0.29, 0.717) is 28.7 Å². The number of hydrogen-bond donors (Lipinski definition) is 1. The Morgan fingerprint density at radius 2 is 1.87 bits per heavy atom. The van der Waals surface area contributed by atoms with Gasteiger partial charge in [0, 0.05) is 23.6 Å². The first-order valence-electron chi connectivity index (χ1n) is 10.2. The van der Waals surface area contributed by atoms with Gasteiger partial charge in [0.1, 0.15) is 11.5 Å². The number of rotatable bonds is 6. The number of nitrogens with zero attached hydrogens (tertiary/aromatic N) is 3. The third-order valence-electron chi connectivity index (χ3n) is 5.43. The summed E-state index contributed by atoms with van der Waals surface area (Å²) in [7, 11) is 3.14. The van der Waals surface area contributed by atoms with Gasteiger partial charge in [0.2, 0.25) is 0 Å². The molecule has 1 fully saturated rings. The van der Waals surface area contributed by atoms with Gasteiger partial charge in [0.15, 0.2) is 5.65 Å². The Labute approximate surface area is 179 Å². The van der Waals surface area contributed by atoms with Crippen molar-refractivity contribution in [3.8, 4) is 17.2 Å². The van der Waals surface area contributed by atoms with Crippen molar-refractivity contribution < 1.29 is 14.3 Å². The number of methoxy groups -OCH3 is 2. The maximum absolute atomic E-state index is 13.0. The van der Waals surface area contributed by atoms with Gasteiger partial charge < -0.3 is 14.8 Å². The third-order valence-corrected chi connectivity index (χ3v) is 5.43. The van der Waals surface area contributed by atoms with E-state index in [-0.39, 0.29) is 5.91 Å². The zero-order valence-corrected chi connectivity index (χ0v) is 17.3. The molecule has 0 spiro atoms. The lowest BCUT2D eigenvalue weighted by Crippen LogP contribution is -2.13. The highest BCUT2D eigenvalue weighted by atomic mass is 16.5. The second kappa shape index (κ2) is 7.75. The molecule has 0 radical (unpaired) electrons. The Morgan fingerprint density at radius 1 is 1.06 bits per heavy atom. The molecule has 5 rings (SSSR count). The van der Waals surface area contributed by atoms with Crippen molar-refractivity contribution in [3.05, 3.63) is 72.1 Å². The van der Waals surface area contributed by atoms with Crippen LogP contribution in [0.4, 0.5) is 5.69 Å². The predicted molar refractivity (Wildman–Crippen MR) is 118 cm³/mol. The summed E-state index contributed by atoms with van der Waals surface area (Å²) in [4.78, 5) is 17.6. The van der Waals surface area contributed by atoms with Crippen molar-refractivity contribution >= 4 is 22.6 Å². The first-order valence-corrected chi connectivity index (χ1v) is 10.2. The summed E-state index contributed by atoms with van der Waals surface area (Å²) in [6.45, 7) is 0. The van der Waals surface area contributed by atoms with Crippen LogP contribution in [-0.4, -0.2) is 34.9 Å². The predicted octanol–water partition coefficient (Wildman–Crippen LogP) is 4.57. The fraction of sp³-hybridized carbons (Fsp3) is 0.208. The minimum absolute atomic E-state index is 0.257. The first-order chi connectivity index (χ1) is 15.2. The van der Waals surface area contributed by atoms with Crippen LogP contribution < -0.4 is 14.8 Å². The number of anilines is 1. The molecule has 2 heterocycles. The van der Waals surface area contributed by atoms with Crippen LogP contribution in [0.15, 0.2) is 60.8 Å². The van der Waals surface area contributed by atoms with Crippen LogP contribution in [0.3, 0.4) is 0 Å². The summed E-state index contributed by atoms with van der Waals surface area (Å²) >= 11 is 0. The zero-order valence-electron chi connectivity index (χ0n) is 17.3. The molecular weight excluding hydrogens is 392 g/mol. The Kier molecular flexibility index (Phi) is 4.78. The van der Waals surface area contributed by atoms with Crippen molar-refractivity contribution in [2.45, 2.75) is 18.8 Å². The summed E-state index contributed by atoms with van der Waals surface area (Å²) in [5, 5.41) is 8.67. The quantitative estimate of drug-likeness (QED) is 0.500. The van der Waals surface area contributed by atoms with Gasteiger partial charge in [-0.3, -0.25) is 4.79 Å². The van der Waals surface area contributed by atoms with Gasteiger partial charge in [-0.15, -0.1) is 0 Å². The van der Waals surface area contributed by atoms with Crippen LogP contribution in [0.1, 0.15) is 34.8 Å². The lowest BCUT2D eigenvalue weighted by Gasteiger charge is -2.11. The van der Waals surface area contributed by atoms with Crippen LogP contribution in [0.2, 0.25) is 0 Å². The first kappa shape index (κ1) is 19.1. The molecule has 0 atom stereocenters. The van der Waals surface area contributed by atoms with Crippen molar-refractivity contribution in [2.75, 3.05) is 19.5 Å². The number of para-hydroxylation sites is 1. The Morgan fingerprint density at radius 3 is 2.58 bits per heavy atom. The largest absolute Gasteiger partial charge is 0.497 e. The molecule has 7 heteroatoms. The average Bonchev–Trinajstić information content (AvgIpc) is 3.59. The van der Waals surface area contributed by atoms with Gasteiger partial charge in [-0.1, -0.05) is 18.2 Å². The summed E-state index contributed by atoms with van der Waals surface area (Å²) in [5.74, 6) is 1.35. The second-order valence-electron chi connectivity index (χ2n) is 7.52. The number of carbonyl (C=O) groups is 1. The highest BCUT2D eigenvalue weighted by Crippen LogP contribution is 2.42. The van der Waals surface area contributed by atoms with Crippen molar-refractivity contribution in [3.63, 3.8) is 0 Å². The highest BCUT2D eigenvalue weighted by Gasteiger charge is 2.30. The molecule has 156 valence electrons. The van der Waals surface area contributed by atoms with Crippen LogP contribution >= 0.6 is 0 Å². The molecule has 1 amide bonds.